The third kappa shape index (κ3) is 5.24. The van der Waals surface area contributed by atoms with Gasteiger partial charge >= 0.3 is 0 Å². The fourth-order valence-electron chi connectivity index (χ4n) is 7.08. The van der Waals surface area contributed by atoms with E-state index in [9.17, 15) is 0 Å². The lowest BCUT2D eigenvalue weighted by Gasteiger charge is -2.27. The molecule has 5 aromatic rings. The number of nitrogens with zero attached hydrogens (tertiary/aromatic N) is 2. The van der Waals surface area contributed by atoms with Crippen LogP contribution < -0.4 is 9.80 Å². The fraction of sp³-hybridized carbons (Fsp3) is 0.214. The standard InChI is InChI=1S/C42H42N2/c1-27-14-12-15-28(2)39(27)37-22-20-31(5)41(33(37)7)43-25-36(24-35-18-10-9-11-19-35)44(26-43)42-32(6)21-23-38(34(42)8)40-29(3)16-13-17-30(40)4/h9-24H,25H2,1-8H3. The predicted molar refractivity (Wildman–Crippen MR) is 189 cm³/mol. The number of rotatable bonds is 5. The summed E-state index contributed by atoms with van der Waals surface area (Å²) in [5.41, 5.74) is 20.3. The average Bonchev–Trinajstić information content (AvgIpc) is 3.38. The maximum Gasteiger partial charge on any atom is 0.213 e. The fourth-order valence-corrected chi connectivity index (χ4v) is 7.08. The highest BCUT2D eigenvalue weighted by atomic mass is 15.4. The van der Waals surface area contributed by atoms with Gasteiger partial charge in [-0.2, -0.15) is 0 Å². The molecule has 2 nitrogen and oxygen atoms in total. The molecule has 44 heavy (non-hydrogen) atoms. The van der Waals surface area contributed by atoms with E-state index < -0.39 is 0 Å². The topological polar surface area (TPSA) is 6.48 Å². The molecule has 0 atom stereocenters. The summed E-state index contributed by atoms with van der Waals surface area (Å²) in [5.74, 6) is 0. The Kier molecular flexibility index (Phi) is 7.95. The minimum atomic E-state index is 0.735. The zero-order valence-corrected chi connectivity index (χ0v) is 27.3. The van der Waals surface area contributed by atoms with Gasteiger partial charge in [-0.05, 0) is 134 Å². The molecule has 2 radical (unpaired) electrons. The predicted octanol–water partition coefficient (Wildman–Crippen LogP) is 10.9. The van der Waals surface area contributed by atoms with E-state index in [0.29, 0.717) is 0 Å². The minimum Gasteiger partial charge on any atom is -0.335 e. The van der Waals surface area contributed by atoms with Crippen molar-refractivity contribution in [2.24, 2.45) is 0 Å². The molecular weight excluding hydrogens is 532 g/mol. The monoisotopic (exact) mass is 574 g/mol. The Hall–Kier alpha value is -4.56. The first kappa shape index (κ1) is 29.5. The molecule has 0 N–H and O–H groups in total. The van der Waals surface area contributed by atoms with Gasteiger partial charge in [0.15, 0.2) is 0 Å². The molecule has 0 bridgehead atoms. The molecule has 1 aliphatic rings. The quantitative estimate of drug-likeness (QED) is 0.206. The molecule has 0 aromatic heterocycles. The lowest BCUT2D eigenvalue weighted by atomic mass is 9.90. The van der Waals surface area contributed by atoms with Crippen molar-refractivity contribution in [3.63, 3.8) is 0 Å². The summed E-state index contributed by atoms with van der Waals surface area (Å²) >= 11 is 0. The highest BCUT2D eigenvalue weighted by Crippen LogP contribution is 2.44. The minimum absolute atomic E-state index is 0.735. The maximum absolute atomic E-state index is 3.87. The van der Waals surface area contributed by atoms with Crippen molar-refractivity contribution in [1.29, 1.82) is 0 Å². The van der Waals surface area contributed by atoms with Gasteiger partial charge in [0.1, 0.15) is 0 Å². The maximum atomic E-state index is 3.87. The van der Waals surface area contributed by atoms with E-state index in [4.69, 9.17) is 0 Å². The van der Waals surface area contributed by atoms with Crippen LogP contribution in [-0.4, -0.2) is 6.54 Å². The number of hydrogen-bond donors (Lipinski definition) is 0. The molecule has 0 aliphatic carbocycles. The van der Waals surface area contributed by atoms with Crippen molar-refractivity contribution in [2.45, 2.75) is 55.4 Å². The molecule has 5 aromatic carbocycles. The average molecular weight is 575 g/mol. The highest BCUT2D eigenvalue weighted by molar-refractivity contribution is 5.85. The van der Waals surface area contributed by atoms with E-state index in [1.54, 1.807) is 0 Å². The van der Waals surface area contributed by atoms with E-state index in [0.717, 1.165) is 6.54 Å². The molecule has 1 heterocycles. The molecule has 6 rings (SSSR count). The second-order valence-electron chi connectivity index (χ2n) is 12.4. The van der Waals surface area contributed by atoms with E-state index in [1.807, 2.05) is 0 Å². The van der Waals surface area contributed by atoms with E-state index in [2.05, 4.69) is 169 Å². The first-order valence-corrected chi connectivity index (χ1v) is 15.6. The number of benzene rings is 5. The van der Waals surface area contributed by atoms with Crippen LogP contribution in [0.3, 0.4) is 0 Å². The smallest absolute Gasteiger partial charge is 0.213 e. The summed E-state index contributed by atoms with van der Waals surface area (Å²) in [6.07, 6.45) is 2.32. The van der Waals surface area contributed by atoms with Crippen molar-refractivity contribution in [3.05, 3.63) is 153 Å². The number of aryl methyl sites for hydroxylation is 6. The Morgan fingerprint density at radius 1 is 0.500 bits per heavy atom. The molecule has 0 unspecified atom stereocenters. The molecule has 1 saturated heterocycles. The molecule has 0 amide bonds. The second-order valence-corrected chi connectivity index (χ2v) is 12.4. The summed E-state index contributed by atoms with van der Waals surface area (Å²) in [4.78, 5) is 4.65. The van der Waals surface area contributed by atoms with Gasteiger partial charge < -0.3 is 9.80 Å². The van der Waals surface area contributed by atoms with Crippen LogP contribution in [0.15, 0.2) is 96.7 Å². The van der Waals surface area contributed by atoms with Crippen LogP contribution in [0.1, 0.15) is 50.1 Å². The summed E-state index contributed by atoms with van der Waals surface area (Å²) in [5, 5.41) is 0. The summed E-state index contributed by atoms with van der Waals surface area (Å²) in [7, 11) is 0. The first-order chi connectivity index (χ1) is 21.2. The van der Waals surface area contributed by atoms with Gasteiger partial charge in [0.2, 0.25) is 6.67 Å². The zero-order chi connectivity index (χ0) is 31.1. The van der Waals surface area contributed by atoms with Gasteiger partial charge in [-0.25, -0.2) is 0 Å². The van der Waals surface area contributed by atoms with Crippen molar-refractivity contribution in [1.82, 2.24) is 0 Å². The SMILES string of the molecule is Cc1cccc(C)c1-c1ccc(C)c(N2[C]N(c3c(C)ccc(-c4c(C)cccc4C)c3C)C(=Cc3ccccc3)C2)c1C. The van der Waals surface area contributed by atoms with Crippen molar-refractivity contribution in [3.8, 4) is 22.3 Å². The Morgan fingerprint density at radius 3 is 1.50 bits per heavy atom. The van der Waals surface area contributed by atoms with Crippen molar-refractivity contribution in [2.75, 3.05) is 16.3 Å². The Morgan fingerprint density at radius 2 is 0.977 bits per heavy atom. The molecule has 0 spiro atoms. The molecular formula is C42H42N2. The van der Waals surface area contributed by atoms with Crippen LogP contribution >= 0.6 is 0 Å². The van der Waals surface area contributed by atoms with E-state index in [1.165, 1.54) is 89.4 Å². The third-order valence-electron chi connectivity index (χ3n) is 9.22. The van der Waals surface area contributed by atoms with E-state index >= 15 is 0 Å². The second kappa shape index (κ2) is 11.8. The Balaban J connectivity index is 1.51. The Bertz CT molecular complexity index is 1850. The van der Waals surface area contributed by atoms with Crippen LogP contribution in [-0.2, 0) is 0 Å². The van der Waals surface area contributed by atoms with Crippen LogP contribution in [0.25, 0.3) is 28.3 Å². The summed E-state index contributed by atoms with van der Waals surface area (Å²) < 4.78 is 0. The van der Waals surface area contributed by atoms with Gasteiger partial charge in [0.25, 0.3) is 0 Å². The highest BCUT2D eigenvalue weighted by Gasteiger charge is 2.32. The van der Waals surface area contributed by atoms with Gasteiger partial charge in [-0.1, -0.05) is 91.0 Å². The lowest BCUT2D eigenvalue weighted by Crippen LogP contribution is -2.21. The van der Waals surface area contributed by atoms with Crippen LogP contribution in [0.4, 0.5) is 11.4 Å². The van der Waals surface area contributed by atoms with Crippen LogP contribution in [0, 0.1) is 62.1 Å². The number of anilines is 2. The first-order valence-electron chi connectivity index (χ1n) is 15.6. The summed E-state index contributed by atoms with van der Waals surface area (Å²) in [6, 6.07) is 32.9. The lowest BCUT2D eigenvalue weighted by molar-refractivity contribution is 1.04. The molecule has 2 heteroatoms. The van der Waals surface area contributed by atoms with Crippen molar-refractivity contribution < 1.29 is 0 Å². The van der Waals surface area contributed by atoms with Gasteiger partial charge in [-0.3, -0.25) is 0 Å². The summed E-state index contributed by atoms with van der Waals surface area (Å²) in [6.45, 7) is 22.5. The normalized spacial score (nSPS) is 14.1. The zero-order valence-electron chi connectivity index (χ0n) is 27.3. The van der Waals surface area contributed by atoms with E-state index in [-0.39, 0.29) is 0 Å². The largest absolute Gasteiger partial charge is 0.335 e. The molecule has 0 saturated carbocycles. The van der Waals surface area contributed by atoms with Gasteiger partial charge in [-0.15, -0.1) is 0 Å². The van der Waals surface area contributed by atoms with Gasteiger partial charge in [0.05, 0.1) is 6.54 Å². The number of hydrogen-bond acceptors (Lipinski definition) is 2. The molecule has 1 fully saturated rings. The van der Waals surface area contributed by atoms with Gasteiger partial charge in [0, 0.05) is 17.1 Å². The molecule has 1 aliphatic heterocycles. The molecule has 220 valence electrons. The van der Waals surface area contributed by atoms with Crippen molar-refractivity contribution >= 4 is 17.5 Å². The van der Waals surface area contributed by atoms with Crippen LogP contribution in [0.2, 0.25) is 0 Å². The van der Waals surface area contributed by atoms with Crippen LogP contribution in [0.5, 0.6) is 0 Å². The third-order valence-corrected chi connectivity index (χ3v) is 9.22. The Labute approximate surface area is 264 Å².